The van der Waals surface area contributed by atoms with Gasteiger partial charge in [0.15, 0.2) is 11.8 Å². The number of amidine groups is 1. The lowest BCUT2D eigenvalue weighted by molar-refractivity contribution is -0.118. The van der Waals surface area contributed by atoms with Gasteiger partial charge in [-0.25, -0.2) is 9.58 Å². The first-order valence-electron chi connectivity index (χ1n) is 12.2. The van der Waals surface area contributed by atoms with Crippen molar-refractivity contribution in [2.24, 2.45) is 7.05 Å². The van der Waals surface area contributed by atoms with Gasteiger partial charge in [-0.1, -0.05) is 48.0 Å². The first-order valence-corrected chi connectivity index (χ1v) is 13.4. The number of para-hydroxylation sites is 2. The average Bonchev–Trinajstić information content (AvgIpc) is 3.34. The topological polar surface area (TPSA) is 109 Å². The number of carbonyl (C=O) groups excluding carboxylic acids is 2. The van der Waals surface area contributed by atoms with Crippen molar-refractivity contribution in [3.8, 4) is 11.4 Å². The van der Waals surface area contributed by atoms with Crippen LogP contribution in [0.4, 0.5) is 11.4 Å². The van der Waals surface area contributed by atoms with E-state index in [0.717, 1.165) is 16.7 Å². The first-order chi connectivity index (χ1) is 19.2. The monoisotopic (exact) mass is 573 g/mol. The number of nitrogens with one attached hydrogen (secondary N) is 2. The standard InChI is InChI=1S/C29H24ClN5O4S/c1-18-26(28(38)35(33(18)2)22-9-4-3-5-10-22)34-27(37)24(40-29(34)31)16-19-8-6-7-11-23(19)39-17-25(36)32-21-14-12-20(30)13-15-21/h3-16,31H,17H2,1-2H3,(H,32,36)/b24-16-,31-29?. The van der Waals surface area contributed by atoms with Crippen LogP contribution in [-0.2, 0) is 16.6 Å². The third-order valence-electron chi connectivity index (χ3n) is 6.26. The zero-order valence-electron chi connectivity index (χ0n) is 21.6. The highest BCUT2D eigenvalue weighted by molar-refractivity contribution is 8.19. The molecule has 0 bridgehead atoms. The van der Waals surface area contributed by atoms with Crippen molar-refractivity contribution < 1.29 is 14.3 Å². The lowest BCUT2D eigenvalue weighted by Crippen LogP contribution is -2.33. The van der Waals surface area contributed by atoms with E-state index < -0.39 is 11.5 Å². The molecule has 9 nitrogen and oxygen atoms in total. The number of anilines is 2. The minimum Gasteiger partial charge on any atom is -0.483 e. The van der Waals surface area contributed by atoms with Crippen molar-refractivity contribution in [1.82, 2.24) is 9.36 Å². The van der Waals surface area contributed by atoms with Gasteiger partial charge in [0.1, 0.15) is 11.4 Å². The normalized spacial score (nSPS) is 14.2. The Labute approximate surface area is 239 Å². The smallest absolute Gasteiger partial charge is 0.296 e. The zero-order valence-corrected chi connectivity index (χ0v) is 23.1. The third-order valence-corrected chi connectivity index (χ3v) is 7.40. The van der Waals surface area contributed by atoms with E-state index in [0.29, 0.717) is 33.4 Å². The highest BCUT2D eigenvalue weighted by Gasteiger charge is 2.38. The molecule has 40 heavy (non-hydrogen) atoms. The Kier molecular flexibility index (Phi) is 7.63. The van der Waals surface area contributed by atoms with E-state index in [2.05, 4.69) is 5.32 Å². The number of hydrogen-bond acceptors (Lipinski definition) is 6. The quantitative estimate of drug-likeness (QED) is 0.295. The van der Waals surface area contributed by atoms with Gasteiger partial charge in [-0.3, -0.25) is 24.5 Å². The maximum Gasteiger partial charge on any atom is 0.296 e. The van der Waals surface area contributed by atoms with Crippen LogP contribution in [0.1, 0.15) is 11.3 Å². The molecule has 202 valence electrons. The van der Waals surface area contributed by atoms with Crippen LogP contribution in [0.25, 0.3) is 11.8 Å². The number of ether oxygens (including phenoxy) is 1. The Morgan fingerprint density at radius 3 is 2.42 bits per heavy atom. The number of rotatable bonds is 7. The Morgan fingerprint density at radius 1 is 1.02 bits per heavy atom. The number of benzene rings is 3. The maximum absolute atomic E-state index is 13.5. The molecule has 0 aliphatic carbocycles. The van der Waals surface area contributed by atoms with Crippen LogP contribution in [-0.4, -0.2) is 33.0 Å². The third kappa shape index (κ3) is 5.31. The molecule has 1 aliphatic heterocycles. The highest BCUT2D eigenvalue weighted by Crippen LogP contribution is 2.36. The van der Waals surface area contributed by atoms with Gasteiger partial charge >= 0.3 is 0 Å². The van der Waals surface area contributed by atoms with Gasteiger partial charge in [-0.15, -0.1) is 0 Å². The molecule has 4 aromatic rings. The molecule has 3 aromatic carbocycles. The van der Waals surface area contributed by atoms with Crippen LogP contribution >= 0.6 is 23.4 Å². The maximum atomic E-state index is 13.5. The molecule has 0 saturated carbocycles. The second-order valence-electron chi connectivity index (χ2n) is 8.85. The van der Waals surface area contributed by atoms with Gasteiger partial charge in [0.2, 0.25) is 0 Å². The van der Waals surface area contributed by atoms with Crippen molar-refractivity contribution in [1.29, 1.82) is 5.41 Å². The average molecular weight is 574 g/mol. The number of carbonyl (C=O) groups is 2. The minimum absolute atomic E-state index is 0.0806. The van der Waals surface area contributed by atoms with E-state index in [9.17, 15) is 14.4 Å². The van der Waals surface area contributed by atoms with Crippen molar-refractivity contribution in [2.75, 3.05) is 16.8 Å². The van der Waals surface area contributed by atoms with Crippen LogP contribution in [0.5, 0.6) is 5.75 Å². The molecular formula is C29H24ClN5O4S. The van der Waals surface area contributed by atoms with Gasteiger partial charge < -0.3 is 10.1 Å². The number of aromatic nitrogens is 2. The summed E-state index contributed by atoms with van der Waals surface area (Å²) in [5, 5.41) is 11.8. The molecule has 2 heterocycles. The Hall–Kier alpha value is -4.54. The van der Waals surface area contributed by atoms with E-state index in [1.807, 2.05) is 18.2 Å². The van der Waals surface area contributed by atoms with E-state index in [1.165, 1.54) is 4.68 Å². The summed E-state index contributed by atoms with van der Waals surface area (Å²) >= 11 is 6.84. The van der Waals surface area contributed by atoms with E-state index >= 15 is 0 Å². The number of halogens is 1. The molecule has 0 radical (unpaired) electrons. The van der Waals surface area contributed by atoms with Crippen LogP contribution < -0.4 is 20.5 Å². The SMILES string of the molecule is Cc1c(N2C(=N)S/C(=C\c3ccccc3OCC(=O)Nc3ccc(Cl)cc3)C2=O)c(=O)n(-c2ccccc2)n1C. The molecule has 1 saturated heterocycles. The lowest BCUT2D eigenvalue weighted by atomic mass is 10.2. The van der Waals surface area contributed by atoms with E-state index in [-0.39, 0.29) is 28.3 Å². The van der Waals surface area contributed by atoms with Crippen molar-refractivity contribution in [3.05, 3.63) is 110 Å². The van der Waals surface area contributed by atoms with Crippen molar-refractivity contribution in [2.45, 2.75) is 6.92 Å². The van der Waals surface area contributed by atoms with Crippen molar-refractivity contribution >= 4 is 57.8 Å². The summed E-state index contributed by atoms with van der Waals surface area (Å²) in [7, 11) is 1.73. The number of nitrogens with zero attached hydrogens (tertiary/aromatic N) is 3. The summed E-state index contributed by atoms with van der Waals surface area (Å²) < 4.78 is 8.89. The molecular weight excluding hydrogens is 550 g/mol. The van der Waals surface area contributed by atoms with Crippen LogP contribution in [0.3, 0.4) is 0 Å². The first kappa shape index (κ1) is 27.0. The second kappa shape index (κ2) is 11.3. The van der Waals surface area contributed by atoms with Gasteiger partial charge in [0.05, 0.1) is 16.3 Å². The molecule has 11 heteroatoms. The summed E-state index contributed by atoms with van der Waals surface area (Å²) in [5.41, 5.74) is 2.06. The summed E-state index contributed by atoms with van der Waals surface area (Å²) in [6.45, 7) is 1.48. The molecule has 0 spiro atoms. The minimum atomic E-state index is -0.490. The Morgan fingerprint density at radius 2 is 1.70 bits per heavy atom. The number of amides is 2. The molecule has 1 fully saturated rings. The summed E-state index contributed by atoms with van der Waals surface area (Å²) in [6, 6.07) is 22.8. The van der Waals surface area contributed by atoms with Gasteiger partial charge in [-0.05, 0) is 67.2 Å². The van der Waals surface area contributed by atoms with Crippen LogP contribution in [0, 0.1) is 12.3 Å². The molecule has 2 N–H and O–H groups in total. The van der Waals surface area contributed by atoms with Crippen molar-refractivity contribution in [3.63, 3.8) is 0 Å². The summed E-state index contributed by atoms with van der Waals surface area (Å²) in [4.78, 5) is 40.8. The number of hydrogen-bond donors (Lipinski definition) is 2. The second-order valence-corrected chi connectivity index (χ2v) is 10.3. The summed E-state index contributed by atoms with van der Waals surface area (Å²) in [6.07, 6.45) is 1.60. The van der Waals surface area contributed by atoms with E-state index in [4.69, 9.17) is 21.7 Å². The molecule has 1 aromatic heterocycles. The van der Waals surface area contributed by atoms with E-state index in [1.54, 1.807) is 85.4 Å². The summed E-state index contributed by atoms with van der Waals surface area (Å²) in [5.74, 6) is -0.462. The molecule has 5 rings (SSSR count). The molecule has 0 unspecified atom stereocenters. The Balaban J connectivity index is 1.38. The van der Waals surface area contributed by atoms with Crippen LogP contribution in [0.2, 0.25) is 5.02 Å². The fraction of sp³-hybridized carbons (Fsp3) is 0.103. The molecule has 0 atom stereocenters. The fourth-order valence-corrected chi connectivity index (χ4v) is 5.21. The van der Waals surface area contributed by atoms with Gasteiger partial charge in [-0.2, -0.15) is 0 Å². The highest BCUT2D eigenvalue weighted by atomic mass is 35.5. The molecule has 2 amide bonds. The Bertz CT molecular complexity index is 1710. The number of thioether (sulfide) groups is 1. The largest absolute Gasteiger partial charge is 0.483 e. The predicted octanol–water partition coefficient (Wildman–Crippen LogP) is 5.21. The van der Waals surface area contributed by atoms with Crippen LogP contribution in [0.15, 0.2) is 88.6 Å². The van der Waals surface area contributed by atoms with Gasteiger partial charge in [0.25, 0.3) is 17.4 Å². The fourth-order valence-electron chi connectivity index (χ4n) is 4.25. The van der Waals surface area contributed by atoms with Gasteiger partial charge in [0, 0.05) is 23.3 Å². The predicted molar refractivity (Wildman–Crippen MR) is 159 cm³/mol. The zero-order chi connectivity index (χ0) is 28.4. The molecule has 1 aliphatic rings. The lowest BCUT2D eigenvalue weighted by Gasteiger charge is -2.12.